The first-order valence-corrected chi connectivity index (χ1v) is 8.72. The standard InChI is InChI=1S/C17H19NO3S/c1-12-7-8-15-14(11-12)16(19)9-10-18(15)22(20,21)17-6-4-3-5-13(17)2/h3-8,11,16,19H,9-10H2,1-2H3. The number of aryl methyl sites for hydroxylation is 2. The molecule has 0 saturated heterocycles. The lowest BCUT2D eigenvalue weighted by atomic mass is 9.99. The van der Waals surface area contributed by atoms with E-state index in [1.807, 2.05) is 25.1 Å². The van der Waals surface area contributed by atoms with Gasteiger partial charge in [0.15, 0.2) is 0 Å². The van der Waals surface area contributed by atoms with Crippen LogP contribution in [0.3, 0.4) is 0 Å². The molecule has 1 N–H and O–H groups in total. The summed E-state index contributed by atoms with van der Waals surface area (Å²) in [6, 6.07) is 12.5. The fraction of sp³-hybridized carbons (Fsp3) is 0.294. The molecule has 1 unspecified atom stereocenters. The van der Waals surface area contributed by atoms with Crippen LogP contribution < -0.4 is 4.31 Å². The van der Waals surface area contributed by atoms with Crippen LogP contribution in [0.4, 0.5) is 5.69 Å². The summed E-state index contributed by atoms with van der Waals surface area (Å²) < 4.78 is 27.4. The van der Waals surface area contributed by atoms with Crippen LogP contribution in [0.5, 0.6) is 0 Å². The van der Waals surface area contributed by atoms with Crippen molar-refractivity contribution in [3.8, 4) is 0 Å². The maximum absolute atomic E-state index is 13.0. The van der Waals surface area contributed by atoms with Gasteiger partial charge in [0.25, 0.3) is 10.0 Å². The summed E-state index contributed by atoms with van der Waals surface area (Å²) in [6.45, 7) is 4.01. The van der Waals surface area contributed by atoms with E-state index >= 15 is 0 Å². The van der Waals surface area contributed by atoms with Gasteiger partial charge in [0.05, 0.1) is 16.7 Å². The van der Waals surface area contributed by atoms with Gasteiger partial charge < -0.3 is 5.11 Å². The molecule has 0 radical (unpaired) electrons. The Morgan fingerprint density at radius 1 is 1.14 bits per heavy atom. The van der Waals surface area contributed by atoms with Gasteiger partial charge in [-0.05, 0) is 38.0 Å². The second kappa shape index (κ2) is 5.41. The minimum atomic E-state index is -3.62. The highest BCUT2D eigenvalue weighted by atomic mass is 32.2. The molecule has 4 nitrogen and oxygen atoms in total. The van der Waals surface area contributed by atoms with Crippen LogP contribution >= 0.6 is 0 Å². The number of aliphatic hydroxyl groups is 1. The number of benzene rings is 2. The Hall–Kier alpha value is -1.85. The molecule has 0 saturated carbocycles. The summed E-state index contributed by atoms with van der Waals surface area (Å²) in [7, 11) is -3.62. The highest BCUT2D eigenvalue weighted by Crippen LogP contribution is 2.37. The van der Waals surface area contributed by atoms with Crippen molar-refractivity contribution in [2.75, 3.05) is 10.8 Å². The third-order valence-electron chi connectivity index (χ3n) is 4.08. The summed E-state index contributed by atoms with van der Waals surface area (Å²) in [5, 5.41) is 10.2. The van der Waals surface area contributed by atoms with Gasteiger partial charge in [-0.3, -0.25) is 4.31 Å². The van der Waals surface area contributed by atoms with Crippen molar-refractivity contribution in [2.45, 2.75) is 31.3 Å². The Kier molecular flexibility index (Phi) is 3.70. The molecule has 0 aliphatic carbocycles. The number of rotatable bonds is 2. The first kappa shape index (κ1) is 15.1. The highest BCUT2D eigenvalue weighted by Gasteiger charge is 2.33. The van der Waals surface area contributed by atoms with Crippen LogP contribution in [0.2, 0.25) is 0 Å². The monoisotopic (exact) mass is 317 g/mol. The second-order valence-electron chi connectivity index (χ2n) is 5.71. The number of hydrogen-bond donors (Lipinski definition) is 1. The zero-order valence-electron chi connectivity index (χ0n) is 12.7. The van der Waals surface area contributed by atoms with Crippen LogP contribution in [0, 0.1) is 13.8 Å². The number of anilines is 1. The largest absolute Gasteiger partial charge is 0.388 e. The van der Waals surface area contributed by atoms with Gasteiger partial charge in [-0.1, -0.05) is 35.9 Å². The van der Waals surface area contributed by atoms with Crippen molar-refractivity contribution in [2.24, 2.45) is 0 Å². The molecule has 22 heavy (non-hydrogen) atoms. The number of aliphatic hydroxyl groups excluding tert-OH is 1. The van der Waals surface area contributed by atoms with Gasteiger partial charge >= 0.3 is 0 Å². The number of sulfonamides is 1. The molecule has 1 aliphatic rings. The van der Waals surface area contributed by atoms with Gasteiger partial charge in [0, 0.05) is 12.1 Å². The molecule has 116 valence electrons. The third-order valence-corrected chi connectivity index (χ3v) is 6.05. The molecule has 1 aliphatic heterocycles. The quantitative estimate of drug-likeness (QED) is 0.926. The lowest BCUT2D eigenvalue weighted by Gasteiger charge is -2.33. The van der Waals surface area contributed by atoms with Crippen LogP contribution in [0.1, 0.15) is 29.2 Å². The van der Waals surface area contributed by atoms with E-state index < -0.39 is 16.1 Å². The van der Waals surface area contributed by atoms with Crippen LogP contribution in [0.25, 0.3) is 0 Å². The molecular weight excluding hydrogens is 298 g/mol. The summed E-state index contributed by atoms with van der Waals surface area (Å²) in [5.41, 5.74) is 2.99. The first-order chi connectivity index (χ1) is 10.4. The number of fused-ring (bicyclic) bond motifs is 1. The molecule has 0 fully saturated rings. The first-order valence-electron chi connectivity index (χ1n) is 7.28. The molecule has 2 aromatic carbocycles. The Labute approximate surface area is 131 Å². The van der Waals surface area contributed by atoms with Gasteiger partial charge in [0.1, 0.15) is 0 Å². The molecule has 1 atom stereocenters. The van der Waals surface area contributed by atoms with E-state index in [4.69, 9.17) is 0 Å². The van der Waals surface area contributed by atoms with E-state index in [9.17, 15) is 13.5 Å². The predicted octanol–water partition coefficient (Wildman–Crippen LogP) is 2.94. The normalized spacial score (nSPS) is 18.1. The van der Waals surface area contributed by atoms with E-state index in [2.05, 4.69) is 0 Å². The molecule has 0 spiro atoms. The maximum Gasteiger partial charge on any atom is 0.264 e. The van der Waals surface area contributed by atoms with Crippen molar-refractivity contribution in [3.63, 3.8) is 0 Å². The molecule has 5 heteroatoms. The summed E-state index contributed by atoms with van der Waals surface area (Å²) in [5.74, 6) is 0. The Balaban J connectivity index is 2.14. The molecule has 0 amide bonds. The molecule has 2 aromatic rings. The van der Waals surface area contributed by atoms with Crippen molar-refractivity contribution in [1.82, 2.24) is 0 Å². The van der Waals surface area contributed by atoms with Crippen LogP contribution in [0.15, 0.2) is 47.4 Å². The van der Waals surface area contributed by atoms with Gasteiger partial charge in [-0.15, -0.1) is 0 Å². The average Bonchev–Trinajstić information content (AvgIpc) is 2.48. The minimum absolute atomic E-state index is 0.286. The van der Waals surface area contributed by atoms with Crippen LogP contribution in [-0.4, -0.2) is 20.1 Å². The fourth-order valence-electron chi connectivity index (χ4n) is 2.90. The van der Waals surface area contributed by atoms with E-state index in [0.717, 1.165) is 11.1 Å². The molecule has 1 heterocycles. The fourth-order valence-corrected chi connectivity index (χ4v) is 4.63. The SMILES string of the molecule is Cc1ccc2c(c1)C(O)CCN2S(=O)(=O)c1ccccc1C. The minimum Gasteiger partial charge on any atom is -0.388 e. The Morgan fingerprint density at radius 2 is 1.86 bits per heavy atom. The van der Waals surface area contributed by atoms with Gasteiger partial charge in [-0.2, -0.15) is 0 Å². The Bertz CT molecular complexity index is 814. The smallest absolute Gasteiger partial charge is 0.264 e. The van der Waals surface area contributed by atoms with Crippen molar-refractivity contribution >= 4 is 15.7 Å². The number of nitrogens with zero attached hydrogens (tertiary/aromatic N) is 1. The zero-order valence-corrected chi connectivity index (χ0v) is 13.5. The van der Waals surface area contributed by atoms with Crippen molar-refractivity contribution in [1.29, 1.82) is 0 Å². The van der Waals surface area contributed by atoms with Crippen LogP contribution in [-0.2, 0) is 10.0 Å². The van der Waals surface area contributed by atoms with E-state index in [1.165, 1.54) is 4.31 Å². The molecular formula is C17H19NO3S. The van der Waals surface area contributed by atoms with Gasteiger partial charge in [0.2, 0.25) is 0 Å². The van der Waals surface area contributed by atoms with E-state index in [1.54, 1.807) is 31.2 Å². The topological polar surface area (TPSA) is 57.6 Å². The number of hydrogen-bond acceptors (Lipinski definition) is 3. The molecule has 3 rings (SSSR count). The van der Waals surface area contributed by atoms with Crippen molar-refractivity contribution in [3.05, 3.63) is 59.2 Å². The summed E-state index contributed by atoms with van der Waals surface area (Å²) in [4.78, 5) is 0.318. The molecule has 0 aromatic heterocycles. The lowest BCUT2D eigenvalue weighted by molar-refractivity contribution is 0.166. The average molecular weight is 317 g/mol. The summed E-state index contributed by atoms with van der Waals surface area (Å²) in [6.07, 6.45) is -0.208. The lowest BCUT2D eigenvalue weighted by Crippen LogP contribution is -2.37. The van der Waals surface area contributed by atoms with E-state index in [-0.39, 0.29) is 6.54 Å². The Morgan fingerprint density at radius 3 is 2.59 bits per heavy atom. The third kappa shape index (κ3) is 2.40. The second-order valence-corrected chi connectivity index (χ2v) is 7.54. The predicted molar refractivity (Wildman–Crippen MR) is 86.5 cm³/mol. The van der Waals surface area contributed by atoms with E-state index in [0.29, 0.717) is 22.6 Å². The maximum atomic E-state index is 13.0. The van der Waals surface area contributed by atoms with Gasteiger partial charge in [-0.25, -0.2) is 8.42 Å². The highest BCUT2D eigenvalue weighted by molar-refractivity contribution is 7.92. The van der Waals surface area contributed by atoms with Crippen molar-refractivity contribution < 1.29 is 13.5 Å². The summed E-state index contributed by atoms with van der Waals surface area (Å²) >= 11 is 0. The zero-order chi connectivity index (χ0) is 15.9. The molecule has 0 bridgehead atoms.